The number of nitrogens with zero attached hydrogens (tertiary/aromatic N) is 4. The predicted molar refractivity (Wildman–Crippen MR) is 120 cm³/mol. The van der Waals surface area contributed by atoms with Crippen molar-refractivity contribution in [2.75, 3.05) is 13.1 Å². The van der Waals surface area contributed by atoms with Crippen molar-refractivity contribution >= 4 is 5.91 Å². The quantitative estimate of drug-likeness (QED) is 0.609. The van der Waals surface area contributed by atoms with Crippen molar-refractivity contribution in [3.63, 3.8) is 0 Å². The van der Waals surface area contributed by atoms with E-state index in [0.717, 1.165) is 32.1 Å². The molecule has 0 bridgehead atoms. The van der Waals surface area contributed by atoms with Gasteiger partial charge in [-0.25, -0.2) is 0 Å². The first-order valence-electron chi connectivity index (χ1n) is 11.1. The number of piperidine rings is 1. The summed E-state index contributed by atoms with van der Waals surface area (Å²) >= 11 is 0. The smallest absolute Gasteiger partial charge is 0.276 e. The number of aryl methyl sites for hydroxylation is 3. The SMILES string of the molecule is O=C(c1cn(CCc2ccccc2)nn1)N1CCC(C(O)CCc2ccccc2)CC1. The number of aromatic nitrogens is 3. The number of hydrogen-bond donors (Lipinski definition) is 1. The maximum atomic E-state index is 12.8. The van der Waals surface area contributed by atoms with Crippen LogP contribution in [0.15, 0.2) is 66.9 Å². The van der Waals surface area contributed by atoms with E-state index in [9.17, 15) is 9.90 Å². The number of rotatable bonds is 8. The fourth-order valence-electron chi connectivity index (χ4n) is 4.24. The van der Waals surface area contributed by atoms with E-state index in [1.54, 1.807) is 10.9 Å². The van der Waals surface area contributed by atoms with Crippen molar-refractivity contribution in [1.29, 1.82) is 0 Å². The van der Waals surface area contributed by atoms with Crippen LogP contribution in [0, 0.1) is 5.92 Å². The lowest BCUT2D eigenvalue weighted by molar-refractivity contribution is 0.0433. The Labute approximate surface area is 183 Å². The summed E-state index contributed by atoms with van der Waals surface area (Å²) in [5, 5.41) is 18.8. The summed E-state index contributed by atoms with van der Waals surface area (Å²) in [4.78, 5) is 14.7. The molecule has 1 aromatic heterocycles. The number of aliphatic hydroxyl groups excluding tert-OH is 1. The Bertz CT molecular complexity index is 950. The number of carbonyl (C=O) groups excluding carboxylic acids is 1. The Morgan fingerprint density at radius 1 is 0.968 bits per heavy atom. The molecule has 1 N–H and O–H groups in total. The van der Waals surface area contributed by atoms with E-state index in [0.29, 0.717) is 25.3 Å². The van der Waals surface area contributed by atoms with E-state index in [-0.39, 0.29) is 17.9 Å². The van der Waals surface area contributed by atoms with E-state index in [4.69, 9.17) is 0 Å². The molecule has 2 aromatic carbocycles. The molecule has 6 nitrogen and oxygen atoms in total. The zero-order valence-corrected chi connectivity index (χ0v) is 17.8. The molecule has 1 aliphatic rings. The predicted octanol–water partition coefficient (Wildman–Crippen LogP) is 3.37. The first-order chi connectivity index (χ1) is 15.2. The van der Waals surface area contributed by atoms with Gasteiger partial charge in [0, 0.05) is 19.6 Å². The largest absolute Gasteiger partial charge is 0.393 e. The Hall–Kier alpha value is -2.99. The van der Waals surface area contributed by atoms with Gasteiger partial charge in [-0.15, -0.1) is 5.10 Å². The average molecular weight is 419 g/mol. The van der Waals surface area contributed by atoms with E-state index < -0.39 is 0 Å². The van der Waals surface area contributed by atoms with E-state index in [1.165, 1.54) is 11.1 Å². The van der Waals surface area contributed by atoms with Crippen LogP contribution in [0.1, 0.15) is 40.9 Å². The highest BCUT2D eigenvalue weighted by molar-refractivity contribution is 5.91. The Kier molecular flexibility index (Phi) is 7.10. The van der Waals surface area contributed by atoms with Crippen LogP contribution in [0.25, 0.3) is 0 Å². The third kappa shape index (κ3) is 5.79. The normalized spacial score (nSPS) is 15.7. The fraction of sp³-hybridized carbons (Fsp3) is 0.400. The van der Waals surface area contributed by atoms with Gasteiger partial charge in [0.15, 0.2) is 5.69 Å². The molecule has 3 aromatic rings. The van der Waals surface area contributed by atoms with Crippen molar-refractivity contribution in [2.45, 2.75) is 44.8 Å². The molecule has 2 heterocycles. The molecule has 1 atom stereocenters. The maximum absolute atomic E-state index is 12.8. The lowest BCUT2D eigenvalue weighted by atomic mass is 9.88. The second-order valence-electron chi connectivity index (χ2n) is 8.32. The van der Waals surface area contributed by atoms with Gasteiger partial charge >= 0.3 is 0 Å². The number of hydrogen-bond acceptors (Lipinski definition) is 4. The van der Waals surface area contributed by atoms with Crippen LogP contribution in [0.4, 0.5) is 0 Å². The van der Waals surface area contributed by atoms with Crippen molar-refractivity contribution in [1.82, 2.24) is 19.9 Å². The standard InChI is InChI=1S/C25H30N4O2/c30-24(12-11-20-7-3-1-4-8-20)22-14-16-28(17-15-22)25(31)23-19-29(27-26-23)18-13-21-9-5-2-6-10-21/h1-10,19,22,24,30H,11-18H2. The van der Waals surface area contributed by atoms with Crippen LogP contribution in [0.5, 0.6) is 0 Å². The zero-order chi connectivity index (χ0) is 21.5. The minimum atomic E-state index is -0.323. The molecule has 1 amide bonds. The van der Waals surface area contributed by atoms with E-state index in [2.05, 4.69) is 34.6 Å². The summed E-state index contributed by atoms with van der Waals surface area (Å²) in [5.74, 6) is 0.178. The molecular formula is C25H30N4O2. The first kappa shape index (κ1) is 21.2. The van der Waals surface area contributed by atoms with Gasteiger partial charge in [-0.3, -0.25) is 9.48 Å². The van der Waals surface area contributed by atoms with Crippen LogP contribution < -0.4 is 0 Å². The second-order valence-corrected chi connectivity index (χ2v) is 8.32. The summed E-state index contributed by atoms with van der Waals surface area (Å²) < 4.78 is 1.74. The topological polar surface area (TPSA) is 71.2 Å². The third-order valence-electron chi connectivity index (χ3n) is 6.17. The molecule has 1 unspecified atom stereocenters. The van der Waals surface area contributed by atoms with Crippen LogP contribution >= 0.6 is 0 Å². The van der Waals surface area contributed by atoms with Gasteiger partial charge in [-0.05, 0) is 49.1 Å². The molecule has 1 fully saturated rings. The van der Waals surface area contributed by atoms with Gasteiger partial charge < -0.3 is 10.0 Å². The van der Waals surface area contributed by atoms with Gasteiger partial charge in [0.25, 0.3) is 5.91 Å². The molecular weight excluding hydrogens is 388 g/mol. The number of carbonyl (C=O) groups is 1. The summed E-state index contributed by atoms with van der Waals surface area (Å²) in [6, 6.07) is 20.5. The molecule has 0 spiro atoms. The van der Waals surface area contributed by atoms with Crippen LogP contribution in [0.2, 0.25) is 0 Å². The highest BCUT2D eigenvalue weighted by Crippen LogP contribution is 2.24. The summed E-state index contributed by atoms with van der Waals surface area (Å²) in [6.45, 7) is 2.01. The summed E-state index contributed by atoms with van der Waals surface area (Å²) in [5.41, 5.74) is 2.89. The summed E-state index contributed by atoms with van der Waals surface area (Å²) in [7, 11) is 0. The molecule has 162 valence electrons. The van der Waals surface area contributed by atoms with Crippen molar-refractivity contribution in [2.24, 2.45) is 5.92 Å². The van der Waals surface area contributed by atoms with Crippen molar-refractivity contribution in [3.8, 4) is 0 Å². The molecule has 6 heteroatoms. The van der Waals surface area contributed by atoms with Crippen LogP contribution in [0.3, 0.4) is 0 Å². The minimum Gasteiger partial charge on any atom is -0.393 e. The van der Waals surface area contributed by atoms with Gasteiger partial charge in [0.05, 0.1) is 12.3 Å². The van der Waals surface area contributed by atoms with Gasteiger partial charge in [0.1, 0.15) is 0 Å². The van der Waals surface area contributed by atoms with Crippen molar-refractivity contribution < 1.29 is 9.90 Å². The first-order valence-corrected chi connectivity index (χ1v) is 11.1. The molecule has 0 aliphatic carbocycles. The fourth-order valence-corrected chi connectivity index (χ4v) is 4.24. The lowest BCUT2D eigenvalue weighted by Crippen LogP contribution is -2.41. The van der Waals surface area contributed by atoms with E-state index in [1.807, 2.05) is 41.3 Å². The van der Waals surface area contributed by atoms with Crippen LogP contribution in [-0.4, -0.2) is 50.1 Å². The summed E-state index contributed by atoms with van der Waals surface area (Å²) in [6.07, 6.45) is 5.56. The number of likely N-dealkylation sites (tertiary alicyclic amines) is 1. The molecule has 0 radical (unpaired) electrons. The third-order valence-corrected chi connectivity index (χ3v) is 6.17. The second kappa shape index (κ2) is 10.4. The molecule has 0 saturated carbocycles. The van der Waals surface area contributed by atoms with Crippen LogP contribution in [-0.2, 0) is 19.4 Å². The molecule has 1 aliphatic heterocycles. The average Bonchev–Trinajstić information content (AvgIpc) is 3.31. The Balaban J connectivity index is 1.23. The van der Waals surface area contributed by atoms with Gasteiger partial charge in [-0.1, -0.05) is 65.9 Å². The highest BCUT2D eigenvalue weighted by Gasteiger charge is 2.28. The zero-order valence-electron chi connectivity index (χ0n) is 17.8. The number of amides is 1. The molecule has 1 saturated heterocycles. The van der Waals surface area contributed by atoms with Gasteiger partial charge in [0.2, 0.25) is 0 Å². The Morgan fingerprint density at radius 3 is 2.23 bits per heavy atom. The highest BCUT2D eigenvalue weighted by atomic mass is 16.3. The van der Waals surface area contributed by atoms with E-state index >= 15 is 0 Å². The monoisotopic (exact) mass is 418 g/mol. The molecule has 31 heavy (non-hydrogen) atoms. The number of benzene rings is 2. The molecule has 4 rings (SSSR count). The maximum Gasteiger partial charge on any atom is 0.276 e. The Morgan fingerprint density at radius 2 is 1.58 bits per heavy atom. The van der Waals surface area contributed by atoms with Crippen molar-refractivity contribution in [3.05, 3.63) is 83.7 Å². The minimum absolute atomic E-state index is 0.0665. The lowest BCUT2D eigenvalue weighted by Gasteiger charge is -2.34. The van der Waals surface area contributed by atoms with Gasteiger partial charge in [-0.2, -0.15) is 0 Å². The number of aliphatic hydroxyl groups is 1.